The van der Waals surface area contributed by atoms with Gasteiger partial charge >= 0.3 is 5.97 Å². The van der Waals surface area contributed by atoms with Crippen LogP contribution in [0.2, 0.25) is 0 Å². The second-order valence-electron chi connectivity index (χ2n) is 6.97. The number of carbonyl (C=O) groups is 1. The standard InChI is InChI=1S/C25H28O5P/c1-19(26)30-17-18-31(23-11-5-20(27-2)6-12-23,24-13-7-21(28-3)8-14-24)25-15-9-22(29-4)10-16-25/h5-16H,17-18H2,1-4H3/q+1. The number of benzene rings is 3. The minimum absolute atomic E-state index is 0.280. The van der Waals surface area contributed by atoms with Crippen LogP contribution in [-0.4, -0.2) is 40.1 Å². The molecule has 0 saturated heterocycles. The lowest BCUT2D eigenvalue weighted by Gasteiger charge is -2.28. The predicted octanol–water partition coefficient (Wildman–Crippen LogP) is 3.57. The first-order chi connectivity index (χ1) is 15.0. The highest BCUT2D eigenvalue weighted by Crippen LogP contribution is 2.55. The van der Waals surface area contributed by atoms with Gasteiger partial charge in [-0.3, -0.25) is 4.79 Å². The minimum Gasteiger partial charge on any atom is -0.497 e. The van der Waals surface area contributed by atoms with E-state index < -0.39 is 7.26 Å². The third-order valence-corrected chi connectivity index (χ3v) is 9.66. The first-order valence-corrected chi connectivity index (χ1v) is 12.0. The molecule has 0 N–H and O–H groups in total. The van der Waals surface area contributed by atoms with Crippen molar-refractivity contribution in [3.8, 4) is 17.2 Å². The zero-order valence-electron chi connectivity index (χ0n) is 18.3. The Kier molecular flexibility index (Phi) is 7.54. The summed E-state index contributed by atoms with van der Waals surface area (Å²) < 4.78 is 21.5. The molecule has 5 nitrogen and oxygen atoms in total. The summed E-state index contributed by atoms with van der Waals surface area (Å²) in [7, 11) is 2.83. The van der Waals surface area contributed by atoms with Gasteiger partial charge in [-0.15, -0.1) is 0 Å². The summed E-state index contributed by atoms with van der Waals surface area (Å²) in [4.78, 5) is 11.5. The van der Waals surface area contributed by atoms with E-state index in [0.717, 1.165) is 17.2 Å². The molecule has 6 heteroatoms. The van der Waals surface area contributed by atoms with Gasteiger partial charge in [-0.2, -0.15) is 0 Å². The molecule has 0 heterocycles. The van der Waals surface area contributed by atoms with Crippen LogP contribution in [0.15, 0.2) is 72.8 Å². The van der Waals surface area contributed by atoms with Crippen LogP contribution in [0.25, 0.3) is 0 Å². The maximum Gasteiger partial charge on any atom is 0.302 e. The summed E-state index contributed by atoms with van der Waals surface area (Å²) in [6, 6.07) is 24.5. The topological polar surface area (TPSA) is 54.0 Å². The molecule has 0 atom stereocenters. The second-order valence-corrected chi connectivity index (χ2v) is 10.6. The Bertz CT molecular complexity index is 866. The van der Waals surface area contributed by atoms with E-state index in [4.69, 9.17) is 18.9 Å². The lowest BCUT2D eigenvalue weighted by Crippen LogP contribution is -2.35. The van der Waals surface area contributed by atoms with Gasteiger partial charge in [0.15, 0.2) is 0 Å². The summed E-state index contributed by atoms with van der Waals surface area (Å²) in [6.45, 7) is 1.77. The highest BCUT2D eigenvalue weighted by molar-refractivity contribution is 7.95. The zero-order chi connectivity index (χ0) is 22.3. The number of ether oxygens (including phenoxy) is 4. The molecular weight excluding hydrogens is 411 g/mol. The molecule has 0 bridgehead atoms. The molecule has 3 aromatic rings. The van der Waals surface area contributed by atoms with Crippen LogP contribution in [0.1, 0.15) is 6.92 Å². The van der Waals surface area contributed by atoms with Crippen LogP contribution in [0, 0.1) is 0 Å². The lowest BCUT2D eigenvalue weighted by atomic mass is 10.3. The summed E-state index contributed by atoms with van der Waals surface area (Å²) in [5.74, 6) is 2.11. The van der Waals surface area contributed by atoms with Gasteiger partial charge in [-0.25, -0.2) is 0 Å². The van der Waals surface area contributed by atoms with Crippen LogP contribution < -0.4 is 30.1 Å². The number of hydrogen-bond acceptors (Lipinski definition) is 5. The molecule has 0 saturated carbocycles. The largest absolute Gasteiger partial charge is 0.497 e. The lowest BCUT2D eigenvalue weighted by molar-refractivity contribution is -0.140. The Hall–Kier alpha value is -3.04. The first-order valence-electron chi connectivity index (χ1n) is 9.99. The molecule has 31 heavy (non-hydrogen) atoms. The van der Waals surface area contributed by atoms with E-state index in [0.29, 0.717) is 12.8 Å². The summed E-state index contributed by atoms with van der Waals surface area (Å²) in [5, 5.41) is 3.53. The molecule has 3 rings (SSSR count). The average molecular weight is 439 g/mol. The van der Waals surface area contributed by atoms with Gasteiger partial charge in [0.1, 0.15) is 53.2 Å². The number of hydrogen-bond donors (Lipinski definition) is 0. The van der Waals surface area contributed by atoms with Crippen molar-refractivity contribution in [3.05, 3.63) is 72.8 Å². The van der Waals surface area contributed by atoms with Crippen LogP contribution in [0.4, 0.5) is 0 Å². The van der Waals surface area contributed by atoms with E-state index in [1.807, 2.05) is 36.4 Å². The normalized spacial score (nSPS) is 11.0. The molecule has 162 valence electrons. The van der Waals surface area contributed by atoms with Crippen LogP contribution in [0.3, 0.4) is 0 Å². The molecule has 0 aliphatic carbocycles. The minimum atomic E-state index is -2.14. The Balaban J connectivity index is 2.21. The van der Waals surface area contributed by atoms with Gasteiger partial charge < -0.3 is 18.9 Å². The van der Waals surface area contributed by atoms with Gasteiger partial charge in [0.2, 0.25) is 0 Å². The maximum atomic E-state index is 11.5. The third-order valence-electron chi connectivity index (χ3n) is 5.27. The van der Waals surface area contributed by atoms with Gasteiger partial charge in [0.25, 0.3) is 0 Å². The third kappa shape index (κ3) is 5.00. The predicted molar refractivity (Wildman–Crippen MR) is 126 cm³/mol. The van der Waals surface area contributed by atoms with Gasteiger partial charge in [0, 0.05) is 6.92 Å². The molecule has 0 amide bonds. The van der Waals surface area contributed by atoms with Gasteiger partial charge in [-0.1, -0.05) is 0 Å². The van der Waals surface area contributed by atoms with Crippen molar-refractivity contribution in [2.45, 2.75) is 6.92 Å². The number of rotatable bonds is 9. The summed E-state index contributed by atoms with van der Waals surface area (Å²) in [5.41, 5.74) is 0. The molecule has 0 radical (unpaired) electrons. The maximum absolute atomic E-state index is 11.5. The highest BCUT2D eigenvalue weighted by atomic mass is 31.2. The van der Waals surface area contributed by atoms with E-state index in [1.54, 1.807) is 21.3 Å². The number of carbonyl (C=O) groups excluding carboxylic acids is 1. The molecular formula is C25H28O5P+. The molecule has 0 spiro atoms. The number of esters is 1. The highest BCUT2D eigenvalue weighted by Gasteiger charge is 2.45. The summed E-state index contributed by atoms with van der Waals surface area (Å²) >= 11 is 0. The van der Waals surface area contributed by atoms with E-state index >= 15 is 0 Å². The molecule has 0 unspecified atom stereocenters. The molecule has 0 aromatic heterocycles. The van der Waals surface area contributed by atoms with Gasteiger partial charge in [0.05, 0.1) is 21.3 Å². The van der Waals surface area contributed by atoms with Crippen LogP contribution >= 0.6 is 7.26 Å². The average Bonchev–Trinajstić information content (AvgIpc) is 2.82. The van der Waals surface area contributed by atoms with Crippen molar-refractivity contribution < 1.29 is 23.7 Å². The van der Waals surface area contributed by atoms with Gasteiger partial charge in [-0.05, 0) is 72.8 Å². The van der Waals surface area contributed by atoms with Crippen molar-refractivity contribution in [1.29, 1.82) is 0 Å². The molecule has 3 aromatic carbocycles. The summed E-state index contributed by atoms with van der Waals surface area (Å²) in [6.07, 6.45) is 0.678. The van der Waals surface area contributed by atoms with Crippen molar-refractivity contribution in [1.82, 2.24) is 0 Å². The number of methoxy groups -OCH3 is 3. The fourth-order valence-corrected chi connectivity index (χ4v) is 7.68. The van der Waals surface area contributed by atoms with E-state index in [1.165, 1.54) is 22.8 Å². The Morgan fingerprint density at radius 2 is 0.968 bits per heavy atom. The van der Waals surface area contributed by atoms with Crippen molar-refractivity contribution in [3.63, 3.8) is 0 Å². The molecule has 0 fully saturated rings. The van der Waals surface area contributed by atoms with Crippen LogP contribution in [-0.2, 0) is 9.53 Å². The van der Waals surface area contributed by atoms with E-state index in [9.17, 15) is 4.79 Å². The molecule has 0 aliphatic heterocycles. The smallest absolute Gasteiger partial charge is 0.302 e. The zero-order valence-corrected chi connectivity index (χ0v) is 19.2. The SMILES string of the molecule is COc1ccc([P+](CCOC(C)=O)(c2ccc(OC)cc2)c2ccc(OC)cc2)cc1. The Labute approximate surface area is 184 Å². The van der Waals surface area contributed by atoms with Crippen LogP contribution in [0.5, 0.6) is 17.2 Å². The van der Waals surface area contributed by atoms with Crippen molar-refractivity contribution in [2.24, 2.45) is 0 Å². The van der Waals surface area contributed by atoms with E-state index in [2.05, 4.69) is 36.4 Å². The monoisotopic (exact) mass is 439 g/mol. The molecule has 0 aliphatic rings. The Morgan fingerprint density at radius 3 is 1.23 bits per heavy atom. The van der Waals surface area contributed by atoms with Crippen molar-refractivity contribution in [2.75, 3.05) is 34.1 Å². The van der Waals surface area contributed by atoms with E-state index in [-0.39, 0.29) is 5.97 Å². The fraction of sp³-hybridized carbons (Fsp3) is 0.240. The first kappa shape index (κ1) is 22.6. The Morgan fingerprint density at radius 1 is 0.645 bits per heavy atom. The fourth-order valence-electron chi connectivity index (χ4n) is 3.67. The van der Waals surface area contributed by atoms with Crippen molar-refractivity contribution >= 4 is 29.1 Å². The quantitative estimate of drug-likeness (QED) is 0.377. The second kappa shape index (κ2) is 10.3.